The van der Waals surface area contributed by atoms with E-state index in [-0.39, 0.29) is 0 Å². The lowest BCUT2D eigenvalue weighted by molar-refractivity contribution is 1.11. The molecule has 0 bridgehead atoms. The van der Waals surface area contributed by atoms with Crippen LogP contribution in [0.25, 0.3) is 55.3 Å². The normalized spacial score (nSPS) is 12.1. The zero-order chi connectivity index (χ0) is 18.9. The number of hydrogen-bond acceptors (Lipinski definition) is 1. The summed E-state index contributed by atoms with van der Waals surface area (Å²) in [5, 5.41) is 2.48. The second-order valence-electron chi connectivity index (χ2n) is 7.46. The molecule has 3 heterocycles. The summed E-state index contributed by atoms with van der Waals surface area (Å²) >= 11 is 0. The number of imidazole rings is 2. The predicted molar refractivity (Wildman–Crippen MR) is 119 cm³/mol. The Morgan fingerprint density at radius 3 is 2.34 bits per heavy atom. The van der Waals surface area contributed by atoms with Gasteiger partial charge in [0.15, 0.2) is 0 Å². The zero-order valence-corrected chi connectivity index (χ0v) is 15.5. The van der Waals surface area contributed by atoms with Crippen LogP contribution in [0.4, 0.5) is 0 Å². The lowest BCUT2D eigenvalue weighted by Gasteiger charge is -2.04. The fourth-order valence-electron chi connectivity index (χ4n) is 4.57. The van der Waals surface area contributed by atoms with E-state index in [1.807, 2.05) is 12.1 Å². The number of rotatable bonds is 1. The van der Waals surface area contributed by atoms with Crippen molar-refractivity contribution in [1.29, 1.82) is 0 Å². The van der Waals surface area contributed by atoms with Crippen molar-refractivity contribution in [1.82, 2.24) is 18.9 Å². The number of fused-ring (bicyclic) bond motifs is 8. The maximum Gasteiger partial charge on any atom is 0.220 e. The fraction of sp³-hybridized carbons (Fsp3) is 0. The van der Waals surface area contributed by atoms with Crippen LogP contribution in [-0.2, 0) is 0 Å². The van der Waals surface area contributed by atoms with Gasteiger partial charge in [0.1, 0.15) is 0 Å². The minimum Gasteiger partial charge on any atom is -0.354 e. The van der Waals surface area contributed by atoms with Gasteiger partial charge in [-0.15, -0.1) is 0 Å². The monoisotopic (exact) mass is 372 g/mol. The highest BCUT2D eigenvalue weighted by atomic mass is 15.2. The first-order valence-corrected chi connectivity index (χ1v) is 9.76. The quantitative estimate of drug-likeness (QED) is 0.373. The third kappa shape index (κ3) is 1.90. The van der Waals surface area contributed by atoms with Gasteiger partial charge in [-0.05, 0) is 42.5 Å². The molecule has 0 aliphatic carbocycles. The average Bonchev–Trinajstić information content (AvgIpc) is 3.40. The van der Waals surface area contributed by atoms with Gasteiger partial charge in [0.2, 0.25) is 5.78 Å². The molecule has 4 aromatic carbocycles. The first-order chi connectivity index (χ1) is 14.4. The van der Waals surface area contributed by atoms with Crippen molar-refractivity contribution in [3.05, 3.63) is 91.0 Å². The number of hydrogen-bond donors (Lipinski definition) is 1. The van der Waals surface area contributed by atoms with Crippen LogP contribution in [0.15, 0.2) is 91.0 Å². The number of nitrogens with one attached hydrogen (secondary N) is 1. The molecule has 0 unspecified atom stereocenters. The van der Waals surface area contributed by atoms with E-state index >= 15 is 0 Å². The minimum atomic E-state index is 0.935. The summed E-state index contributed by atoms with van der Waals surface area (Å²) in [6.07, 6.45) is 0. The molecule has 3 aromatic heterocycles. The Balaban J connectivity index is 1.76. The molecule has 0 aliphatic heterocycles. The van der Waals surface area contributed by atoms with Crippen molar-refractivity contribution in [2.45, 2.75) is 0 Å². The highest BCUT2D eigenvalue weighted by Crippen LogP contribution is 2.34. The predicted octanol–water partition coefficient (Wildman–Crippen LogP) is 6.07. The van der Waals surface area contributed by atoms with Crippen molar-refractivity contribution in [3.63, 3.8) is 0 Å². The molecule has 0 amide bonds. The van der Waals surface area contributed by atoms with Crippen LogP contribution < -0.4 is 0 Å². The summed E-state index contributed by atoms with van der Waals surface area (Å²) in [5.74, 6) is 0.935. The summed E-state index contributed by atoms with van der Waals surface area (Å²) in [6, 6.07) is 31.8. The third-order valence-electron chi connectivity index (χ3n) is 5.84. The van der Waals surface area contributed by atoms with E-state index in [1.54, 1.807) is 0 Å². The van der Waals surface area contributed by atoms with E-state index in [0.717, 1.165) is 44.6 Å². The Kier molecular flexibility index (Phi) is 2.71. The number of H-pyrrole nitrogens is 1. The second kappa shape index (κ2) is 5.26. The van der Waals surface area contributed by atoms with Gasteiger partial charge < -0.3 is 4.98 Å². The van der Waals surface area contributed by atoms with Gasteiger partial charge in [-0.1, -0.05) is 48.5 Å². The number of aromatic nitrogens is 4. The highest BCUT2D eigenvalue weighted by Gasteiger charge is 2.18. The molecule has 29 heavy (non-hydrogen) atoms. The Bertz CT molecular complexity index is 1700. The summed E-state index contributed by atoms with van der Waals surface area (Å²) in [6.45, 7) is 0. The molecule has 0 fully saturated rings. The van der Waals surface area contributed by atoms with E-state index in [2.05, 4.69) is 92.8 Å². The van der Waals surface area contributed by atoms with Gasteiger partial charge in [0.05, 0.1) is 22.1 Å². The van der Waals surface area contributed by atoms with Crippen molar-refractivity contribution < 1.29 is 0 Å². The Morgan fingerprint density at radius 1 is 0.621 bits per heavy atom. The SMILES string of the molecule is c1ccc(-n2c3cc4[nH]c5ccccc5c4cc3n3c4ccccc4nc23)cc1. The van der Waals surface area contributed by atoms with E-state index in [9.17, 15) is 0 Å². The number of nitrogens with zero attached hydrogens (tertiary/aromatic N) is 3. The Morgan fingerprint density at radius 2 is 1.41 bits per heavy atom. The molecule has 0 saturated carbocycles. The van der Waals surface area contributed by atoms with E-state index in [4.69, 9.17) is 4.98 Å². The molecular weight excluding hydrogens is 356 g/mol. The molecule has 0 atom stereocenters. The van der Waals surface area contributed by atoms with Gasteiger partial charge in [0.25, 0.3) is 0 Å². The smallest absolute Gasteiger partial charge is 0.220 e. The van der Waals surface area contributed by atoms with E-state index in [0.29, 0.717) is 0 Å². The number of para-hydroxylation sites is 4. The van der Waals surface area contributed by atoms with Gasteiger partial charge in [-0.25, -0.2) is 4.98 Å². The maximum absolute atomic E-state index is 4.98. The van der Waals surface area contributed by atoms with Crippen LogP contribution in [-0.4, -0.2) is 18.9 Å². The molecule has 1 N–H and O–H groups in total. The molecule has 4 heteroatoms. The van der Waals surface area contributed by atoms with Crippen LogP contribution in [0.3, 0.4) is 0 Å². The minimum absolute atomic E-state index is 0.935. The summed E-state index contributed by atoms with van der Waals surface area (Å²) in [5.41, 5.74) is 7.85. The largest absolute Gasteiger partial charge is 0.354 e. The van der Waals surface area contributed by atoms with Gasteiger partial charge >= 0.3 is 0 Å². The molecule has 0 radical (unpaired) electrons. The number of aromatic amines is 1. The Labute approximate surface area is 165 Å². The van der Waals surface area contributed by atoms with Crippen molar-refractivity contribution in [3.8, 4) is 5.69 Å². The van der Waals surface area contributed by atoms with E-state index < -0.39 is 0 Å². The third-order valence-corrected chi connectivity index (χ3v) is 5.84. The average molecular weight is 372 g/mol. The second-order valence-corrected chi connectivity index (χ2v) is 7.46. The molecule has 4 nitrogen and oxygen atoms in total. The topological polar surface area (TPSA) is 38.0 Å². The molecule has 7 aromatic rings. The highest BCUT2D eigenvalue weighted by molar-refractivity contribution is 6.12. The molecule has 0 aliphatic rings. The van der Waals surface area contributed by atoms with Crippen molar-refractivity contribution in [2.24, 2.45) is 0 Å². The zero-order valence-electron chi connectivity index (χ0n) is 15.5. The van der Waals surface area contributed by atoms with Crippen LogP contribution in [0, 0.1) is 0 Å². The molecule has 0 saturated heterocycles. The standard InChI is InChI=1S/C25H16N4/c1-2-8-16(9-3-1)28-24-15-21-18(17-10-4-5-11-19(17)26-21)14-23(24)29-22-13-7-6-12-20(22)27-25(28)29/h1-15,26H. The van der Waals surface area contributed by atoms with Crippen molar-refractivity contribution in [2.75, 3.05) is 0 Å². The van der Waals surface area contributed by atoms with E-state index in [1.165, 1.54) is 10.8 Å². The Hall–Kier alpha value is -4.05. The molecular formula is C25H16N4. The van der Waals surface area contributed by atoms with Crippen LogP contribution in [0.1, 0.15) is 0 Å². The summed E-state index contributed by atoms with van der Waals surface area (Å²) < 4.78 is 4.53. The number of benzene rings is 4. The van der Waals surface area contributed by atoms with Gasteiger partial charge in [-0.3, -0.25) is 8.97 Å². The lowest BCUT2D eigenvalue weighted by atomic mass is 10.1. The maximum atomic E-state index is 4.98. The summed E-state index contributed by atoms with van der Waals surface area (Å²) in [7, 11) is 0. The first kappa shape index (κ1) is 14.9. The van der Waals surface area contributed by atoms with Gasteiger partial charge in [-0.2, -0.15) is 0 Å². The fourth-order valence-corrected chi connectivity index (χ4v) is 4.57. The first-order valence-electron chi connectivity index (χ1n) is 9.76. The van der Waals surface area contributed by atoms with Gasteiger partial charge in [0, 0.05) is 27.5 Å². The lowest BCUT2D eigenvalue weighted by Crippen LogP contribution is -1.94. The van der Waals surface area contributed by atoms with Crippen LogP contribution >= 0.6 is 0 Å². The van der Waals surface area contributed by atoms with Crippen LogP contribution in [0.5, 0.6) is 0 Å². The molecule has 136 valence electrons. The molecule has 0 spiro atoms. The summed E-state index contributed by atoms with van der Waals surface area (Å²) in [4.78, 5) is 8.56. The van der Waals surface area contributed by atoms with Crippen molar-refractivity contribution >= 4 is 49.7 Å². The molecule has 7 rings (SSSR count). The van der Waals surface area contributed by atoms with Crippen LogP contribution in [0.2, 0.25) is 0 Å².